The lowest BCUT2D eigenvalue weighted by atomic mass is 10.2. The van der Waals surface area contributed by atoms with Gasteiger partial charge >= 0.3 is 0 Å². The highest BCUT2D eigenvalue weighted by Gasteiger charge is 2.15. The lowest BCUT2D eigenvalue weighted by Crippen LogP contribution is -2.23. The Kier molecular flexibility index (Phi) is 7.19. The van der Waals surface area contributed by atoms with Gasteiger partial charge < -0.3 is 5.32 Å². The zero-order chi connectivity index (χ0) is 17.4. The van der Waals surface area contributed by atoms with E-state index in [4.69, 9.17) is 0 Å². The van der Waals surface area contributed by atoms with Crippen LogP contribution >= 0.6 is 22.7 Å². The van der Waals surface area contributed by atoms with Crippen molar-refractivity contribution in [2.75, 3.05) is 11.9 Å². The van der Waals surface area contributed by atoms with Crippen molar-refractivity contribution in [3.8, 4) is 0 Å². The van der Waals surface area contributed by atoms with Gasteiger partial charge in [0, 0.05) is 19.4 Å². The minimum Gasteiger partial charge on any atom is -0.356 e. The summed E-state index contributed by atoms with van der Waals surface area (Å²) in [4.78, 5) is 23.6. The number of nitrogens with one attached hydrogen (secondary N) is 2. The molecule has 0 unspecified atom stereocenters. The predicted octanol–water partition coefficient (Wildman–Crippen LogP) is 2.05. The average Bonchev–Trinajstić information content (AvgIpc) is 3.22. The number of hydrogen-bond donors (Lipinski definition) is 2. The van der Waals surface area contributed by atoms with Gasteiger partial charge in [-0.25, -0.2) is 0 Å². The van der Waals surface area contributed by atoms with E-state index in [9.17, 15) is 9.59 Å². The number of hydrogen-bond acceptors (Lipinski definition) is 8. The van der Waals surface area contributed by atoms with E-state index in [1.54, 1.807) is 0 Å². The van der Waals surface area contributed by atoms with Gasteiger partial charge in [0.25, 0.3) is 5.91 Å². The molecule has 2 heterocycles. The molecule has 0 bridgehead atoms. The maximum absolute atomic E-state index is 12.1. The van der Waals surface area contributed by atoms with Crippen LogP contribution < -0.4 is 10.6 Å². The topological polar surface area (TPSA) is 110 Å². The van der Waals surface area contributed by atoms with Crippen molar-refractivity contribution in [2.24, 2.45) is 0 Å². The summed E-state index contributed by atoms with van der Waals surface area (Å²) >= 11 is 2.58. The smallest absolute Gasteiger partial charge is 0.288 e. The van der Waals surface area contributed by atoms with Crippen LogP contribution in [-0.2, 0) is 17.6 Å². The summed E-state index contributed by atoms with van der Waals surface area (Å²) in [6, 6.07) is 0. The highest BCUT2D eigenvalue weighted by molar-refractivity contribution is 7.16. The largest absolute Gasteiger partial charge is 0.356 e. The molecule has 0 aromatic carbocycles. The van der Waals surface area contributed by atoms with E-state index in [-0.39, 0.29) is 16.8 Å². The molecule has 24 heavy (non-hydrogen) atoms. The van der Waals surface area contributed by atoms with Crippen molar-refractivity contribution < 1.29 is 9.59 Å². The van der Waals surface area contributed by atoms with E-state index in [0.29, 0.717) is 30.9 Å². The van der Waals surface area contributed by atoms with Crippen LogP contribution in [0, 0.1) is 0 Å². The first kappa shape index (κ1) is 18.4. The van der Waals surface area contributed by atoms with Gasteiger partial charge in [-0.15, -0.1) is 20.4 Å². The third kappa shape index (κ3) is 5.60. The predicted molar refractivity (Wildman–Crippen MR) is 93.4 cm³/mol. The molecule has 0 saturated carbocycles. The fourth-order valence-corrected chi connectivity index (χ4v) is 3.25. The van der Waals surface area contributed by atoms with Gasteiger partial charge in [-0.3, -0.25) is 14.9 Å². The van der Waals surface area contributed by atoms with Crippen LogP contribution in [0.4, 0.5) is 5.13 Å². The van der Waals surface area contributed by atoms with Crippen LogP contribution in [0.2, 0.25) is 0 Å². The molecule has 130 valence electrons. The number of rotatable bonds is 9. The molecule has 2 aromatic heterocycles. The molecule has 2 amide bonds. The molecule has 0 aliphatic rings. The Hall–Kier alpha value is -1.94. The summed E-state index contributed by atoms with van der Waals surface area (Å²) < 4.78 is 0. The van der Waals surface area contributed by atoms with Crippen LogP contribution in [0.25, 0.3) is 0 Å². The Morgan fingerprint density at radius 1 is 1.04 bits per heavy atom. The van der Waals surface area contributed by atoms with Crippen LogP contribution in [0.5, 0.6) is 0 Å². The van der Waals surface area contributed by atoms with Gasteiger partial charge in [0.1, 0.15) is 10.0 Å². The number of carbonyl (C=O) groups excluding carboxylic acids is 2. The van der Waals surface area contributed by atoms with Gasteiger partial charge in [-0.2, -0.15) is 0 Å². The third-order valence-corrected chi connectivity index (χ3v) is 4.98. The number of aromatic nitrogens is 4. The number of carbonyl (C=O) groups is 2. The summed E-state index contributed by atoms with van der Waals surface area (Å²) in [6.45, 7) is 4.69. The molecule has 0 aliphatic heterocycles. The minimum atomic E-state index is -0.335. The number of nitrogens with zero attached hydrogens (tertiary/aromatic N) is 4. The van der Waals surface area contributed by atoms with Crippen molar-refractivity contribution in [3.63, 3.8) is 0 Å². The average molecular weight is 368 g/mol. The first-order valence-corrected chi connectivity index (χ1v) is 9.48. The van der Waals surface area contributed by atoms with E-state index in [1.165, 1.54) is 22.7 Å². The molecule has 0 atom stereocenters. The number of anilines is 1. The van der Waals surface area contributed by atoms with Crippen LogP contribution in [-0.4, -0.2) is 38.8 Å². The fraction of sp³-hybridized carbons (Fsp3) is 0.571. The van der Waals surface area contributed by atoms with E-state index in [2.05, 4.69) is 31.0 Å². The van der Waals surface area contributed by atoms with E-state index < -0.39 is 0 Å². The second-order valence-electron chi connectivity index (χ2n) is 5.01. The van der Waals surface area contributed by atoms with E-state index in [1.807, 2.05) is 13.8 Å². The quantitative estimate of drug-likeness (QED) is 0.701. The second-order valence-corrected chi connectivity index (χ2v) is 7.14. The van der Waals surface area contributed by atoms with Gasteiger partial charge in [-0.05, 0) is 19.3 Å². The second kappa shape index (κ2) is 9.38. The van der Waals surface area contributed by atoms with E-state index in [0.717, 1.165) is 22.9 Å². The standard InChI is InChI=1S/C14H20N6O2S2/c1-3-8-15-9(21)6-5-7-11-18-19-13(23-11)12(22)16-14-20-17-10(4-2)24-14/h3-8H2,1-2H3,(H,15,21)(H,16,20,22). The maximum Gasteiger partial charge on any atom is 0.288 e. The minimum absolute atomic E-state index is 0.0438. The van der Waals surface area contributed by atoms with Gasteiger partial charge in [0.05, 0.1) is 0 Å². The van der Waals surface area contributed by atoms with Crippen molar-refractivity contribution in [1.82, 2.24) is 25.7 Å². The van der Waals surface area contributed by atoms with Crippen molar-refractivity contribution in [3.05, 3.63) is 15.0 Å². The molecule has 2 N–H and O–H groups in total. The number of aryl methyl sites for hydroxylation is 2. The molecule has 0 aliphatic carbocycles. The zero-order valence-electron chi connectivity index (χ0n) is 13.7. The molecule has 0 fully saturated rings. The summed E-state index contributed by atoms with van der Waals surface area (Å²) in [7, 11) is 0. The Morgan fingerprint density at radius 2 is 1.83 bits per heavy atom. The van der Waals surface area contributed by atoms with Crippen molar-refractivity contribution in [1.29, 1.82) is 0 Å². The maximum atomic E-state index is 12.1. The van der Waals surface area contributed by atoms with E-state index >= 15 is 0 Å². The summed E-state index contributed by atoms with van der Waals surface area (Å²) in [5.74, 6) is -0.291. The monoisotopic (exact) mass is 368 g/mol. The lowest BCUT2D eigenvalue weighted by molar-refractivity contribution is -0.121. The first-order valence-electron chi connectivity index (χ1n) is 7.85. The Balaban J connectivity index is 1.79. The summed E-state index contributed by atoms with van der Waals surface area (Å²) in [5.41, 5.74) is 0. The van der Waals surface area contributed by atoms with Gasteiger partial charge in [0.15, 0.2) is 0 Å². The molecule has 0 spiro atoms. The van der Waals surface area contributed by atoms with Crippen molar-refractivity contribution >= 4 is 39.6 Å². The first-order chi connectivity index (χ1) is 11.6. The molecule has 10 heteroatoms. The van der Waals surface area contributed by atoms with Gasteiger partial charge in [0.2, 0.25) is 16.0 Å². The number of amides is 2. The summed E-state index contributed by atoms with van der Waals surface area (Å²) in [6.07, 6.45) is 3.47. The Bertz CT molecular complexity index is 684. The SMILES string of the molecule is CCCNC(=O)CCCc1nnc(C(=O)Nc2nnc(CC)s2)s1. The molecule has 0 radical (unpaired) electrons. The highest BCUT2D eigenvalue weighted by atomic mass is 32.1. The summed E-state index contributed by atoms with van der Waals surface area (Å²) in [5, 5.41) is 23.6. The fourth-order valence-electron chi connectivity index (χ4n) is 1.80. The zero-order valence-corrected chi connectivity index (χ0v) is 15.3. The normalized spacial score (nSPS) is 10.6. The molecule has 8 nitrogen and oxygen atoms in total. The molecule has 2 rings (SSSR count). The Morgan fingerprint density at radius 3 is 2.54 bits per heavy atom. The van der Waals surface area contributed by atoms with Crippen LogP contribution in [0.3, 0.4) is 0 Å². The van der Waals surface area contributed by atoms with Crippen LogP contribution in [0.1, 0.15) is 52.9 Å². The van der Waals surface area contributed by atoms with Crippen LogP contribution in [0.15, 0.2) is 0 Å². The third-order valence-electron chi connectivity index (χ3n) is 3.02. The Labute approximate surface area is 148 Å². The molecular weight excluding hydrogens is 348 g/mol. The van der Waals surface area contributed by atoms with Gasteiger partial charge in [-0.1, -0.05) is 36.5 Å². The highest BCUT2D eigenvalue weighted by Crippen LogP contribution is 2.18. The molecule has 2 aromatic rings. The molecular formula is C14H20N6O2S2. The van der Waals surface area contributed by atoms with Crippen molar-refractivity contribution in [2.45, 2.75) is 46.0 Å². The molecule has 0 saturated heterocycles. The lowest BCUT2D eigenvalue weighted by Gasteiger charge is -2.01.